The van der Waals surface area contributed by atoms with E-state index in [0.29, 0.717) is 17.1 Å². The van der Waals surface area contributed by atoms with Gasteiger partial charge in [-0.15, -0.1) is 0 Å². The molecule has 156 valence electrons. The zero-order valence-corrected chi connectivity index (χ0v) is 17.8. The lowest BCUT2D eigenvalue weighted by molar-refractivity contribution is 0.260. The van der Waals surface area contributed by atoms with Crippen LogP contribution in [0.4, 0.5) is 17.2 Å². The first kappa shape index (κ1) is 20.9. The summed E-state index contributed by atoms with van der Waals surface area (Å²) in [5, 5.41) is 20.8. The van der Waals surface area contributed by atoms with Crippen molar-refractivity contribution < 1.29 is 5.11 Å². The van der Waals surface area contributed by atoms with Crippen LogP contribution < -0.4 is 16.7 Å². The van der Waals surface area contributed by atoms with Gasteiger partial charge in [0, 0.05) is 6.04 Å². The number of H-pyrrole nitrogens is 1. The molecule has 0 bridgehead atoms. The zero-order valence-electron chi connectivity index (χ0n) is 17.8. The van der Waals surface area contributed by atoms with Crippen LogP contribution in [0.1, 0.15) is 58.7 Å². The highest BCUT2D eigenvalue weighted by atomic mass is 16.3. The Labute approximate surface area is 170 Å². The Kier molecular flexibility index (Phi) is 6.22. The third kappa shape index (κ3) is 4.12. The van der Waals surface area contributed by atoms with Gasteiger partial charge in [-0.25, -0.2) is 4.99 Å². The minimum absolute atomic E-state index is 0.0227. The molecule has 3 aromatic rings. The van der Waals surface area contributed by atoms with Gasteiger partial charge in [0.05, 0.1) is 35.2 Å². The van der Waals surface area contributed by atoms with E-state index < -0.39 is 0 Å². The molecular formula is C21H31N7O. The summed E-state index contributed by atoms with van der Waals surface area (Å²) in [4.78, 5) is 9.56. The van der Waals surface area contributed by atoms with Crippen molar-refractivity contribution >= 4 is 28.2 Å². The Bertz CT molecular complexity index is 1040. The molecule has 3 rings (SSSR count). The van der Waals surface area contributed by atoms with E-state index >= 15 is 0 Å². The van der Waals surface area contributed by atoms with Crippen molar-refractivity contribution in [1.29, 1.82) is 0 Å². The van der Waals surface area contributed by atoms with Gasteiger partial charge in [0.1, 0.15) is 0 Å². The largest absolute Gasteiger partial charge is 0.397 e. The number of para-hydroxylation sites is 2. The summed E-state index contributed by atoms with van der Waals surface area (Å²) in [7, 11) is 0. The average Bonchev–Trinajstić information content (AvgIpc) is 3.12. The Balaban J connectivity index is 2.34. The Hall–Kier alpha value is -2.87. The standard InChI is InChI=1S/C21H31N7O/c1-6-14(11-29)23-21-25-20(24-16-10-8-7-9-15(16)22)18-19(28(21)13(4)5)17(12(2)3)26-27-18/h7-10,12-14,29H,6,11,22H2,1-5H3,(H,26,27)(H,23,24,25). The summed E-state index contributed by atoms with van der Waals surface area (Å²) >= 11 is 0. The van der Waals surface area contributed by atoms with Crippen LogP contribution in [-0.4, -0.2) is 37.5 Å². The summed E-state index contributed by atoms with van der Waals surface area (Å²) in [6.45, 7) is 10.4. The summed E-state index contributed by atoms with van der Waals surface area (Å²) in [5.74, 6) is 0.833. The Morgan fingerprint density at radius 1 is 1.24 bits per heavy atom. The number of anilines is 3. The number of nitrogens with one attached hydrogen (secondary N) is 2. The number of hydrogen-bond donors (Lipinski definition) is 4. The Morgan fingerprint density at radius 2 is 1.97 bits per heavy atom. The highest BCUT2D eigenvalue weighted by molar-refractivity contribution is 5.90. The molecule has 0 radical (unpaired) electrons. The van der Waals surface area contributed by atoms with E-state index in [1.54, 1.807) is 0 Å². The summed E-state index contributed by atoms with van der Waals surface area (Å²) in [6, 6.07) is 7.45. The molecule has 0 aliphatic heterocycles. The molecule has 0 aliphatic rings. The second-order valence-corrected chi connectivity index (χ2v) is 7.80. The maximum absolute atomic E-state index is 9.69. The number of fused-ring (bicyclic) bond motifs is 1. The molecule has 1 atom stereocenters. The van der Waals surface area contributed by atoms with E-state index in [1.807, 2.05) is 31.2 Å². The molecule has 0 saturated carbocycles. The second kappa shape index (κ2) is 8.65. The number of nitrogen functional groups attached to an aromatic ring is 1. The fourth-order valence-corrected chi connectivity index (χ4v) is 3.30. The van der Waals surface area contributed by atoms with Crippen molar-refractivity contribution in [2.75, 3.05) is 17.7 Å². The third-order valence-electron chi connectivity index (χ3n) is 4.95. The topological polar surface area (TPSA) is 117 Å². The summed E-state index contributed by atoms with van der Waals surface area (Å²) in [5.41, 5.74) is 10.8. The van der Waals surface area contributed by atoms with Crippen LogP contribution in [0.2, 0.25) is 0 Å². The van der Waals surface area contributed by atoms with Crippen molar-refractivity contribution in [2.24, 2.45) is 4.99 Å². The predicted molar refractivity (Wildman–Crippen MR) is 117 cm³/mol. The van der Waals surface area contributed by atoms with E-state index in [2.05, 4.69) is 47.8 Å². The molecule has 29 heavy (non-hydrogen) atoms. The number of rotatable bonds is 7. The van der Waals surface area contributed by atoms with Gasteiger partial charge < -0.3 is 20.7 Å². The van der Waals surface area contributed by atoms with Crippen molar-refractivity contribution in [3.05, 3.63) is 35.6 Å². The fourth-order valence-electron chi connectivity index (χ4n) is 3.30. The molecule has 0 amide bonds. The van der Waals surface area contributed by atoms with E-state index in [4.69, 9.17) is 15.7 Å². The van der Waals surface area contributed by atoms with Crippen molar-refractivity contribution in [1.82, 2.24) is 19.7 Å². The number of nitrogens with zero attached hydrogens (tertiary/aromatic N) is 4. The molecule has 1 unspecified atom stereocenters. The number of nitrogens with two attached hydrogens (primary N) is 1. The minimum Gasteiger partial charge on any atom is -0.397 e. The predicted octanol–water partition coefficient (Wildman–Crippen LogP) is 3.46. The average molecular weight is 398 g/mol. The molecule has 0 spiro atoms. The van der Waals surface area contributed by atoms with Gasteiger partial charge in [0.2, 0.25) is 5.62 Å². The first-order chi connectivity index (χ1) is 13.9. The number of benzene rings is 1. The van der Waals surface area contributed by atoms with Gasteiger partial charge in [0.15, 0.2) is 11.3 Å². The van der Waals surface area contributed by atoms with Gasteiger partial charge in [0.25, 0.3) is 0 Å². The monoisotopic (exact) mass is 397 g/mol. The molecule has 5 N–H and O–H groups in total. The molecule has 8 heteroatoms. The highest BCUT2D eigenvalue weighted by Gasteiger charge is 2.21. The molecular weight excluding hydrogens is 366 g/mol. The van der Waals surface area contributed by atoms with Crippen LogP contribution in [0.25, 0.3) is 11.0 Å². The summed E-state index contributed by atoms with van der Waals surface area (Å²) in [6.07, 6.45) is 0.727. The second-order valence-electron chi connectivity index (χ2n) is 7.80. The first-order valence-corrected chi connectivity index (χ1v) is 10.1. The maximum Gasteiger partial charge on any atom is 0.228 e. The van der Waals surface area contributed by atoms with Crippen molar-refractivity contribution in [2.45, 2.75) is 59.0 Å². The number of aromatic amines is 1. The number of aliphatic hydroxyl groups excluding tert-OH is 1. The molecule has 0 fully saturated rings. The molecule has 8 nitrogen and oxygen atoms in total. The van der Waals surface area contributed by atoms with Crippen molar-refractivity contribution in [3.63, 3.8) is 0 Å². The van der Waals surface area contributed by atoms with Gasteiger partial charge in [-0.3, -0.25) is 5.10 Å². The molecule has 0 aliphatic carbocycles. The number of hydrogen-bond acceptors (Lipinski definition) is 6. The lowest BCUT2D eigenvalue weighted by Gasteiger charge is -2.18. The third-order valence-corrected chi connectivity index (χ3v) is 4.95. The van der Waals surface area contributed by atoms with Gasteiger partial charge in [-0.1, -0.05) is 32.9 Å². The molecule has 2 heterocycles. The molecule has 2 aromatic heterocycles. The first-order valence-electron chi connectivity index (χ1n) is 10.1. The molecule has 0 saturated heterocycles. The maximum atomic E-state index is 9.69. The quantitative estimate of drug-likeness (QED) is 0.456. The van der Waals surface area contributed by atoms with Crippen LogP contribution in [0.3, 0.4) is 0 Å². The lowest BCUT2D eigenvalue weighted by atomic mass is 10.1. The lowest BCUT2D eigenvalue weighted by Crippen LogP contribution is -2.30. The van der Waals surface area contributed by atoms with Crippen LogP contribution in [0.15, 0.2) is 29.3 Å². The highest BCUT2D eigenvalue weighted by Crippen LogP contribution is 2.30. The van der Waals surface area contributed by atoms with Crippen LogP contribution >= 0.6 is 0 Å². The Morgan fingerprint density at radius 3 is 2.55 bits per heavy atom. The molecule has 1 aromatic carbocycles. The smallest absolute Gasteiger partial charge is 0.228 e. The van der Waals surface area contributed by atoms with E-state index in [0.717, 1.165) is 28.8 Å². The van der Waals surface area contributed by atoms with E-state index in [1.165, 1.54) is 0 Å². The SMILES string of the molecule is CCC(CO)N=c1nc(Nc2ccccc2N)c2n[nH]c(C(C)C)c2n1C(C)C. The van der Waals surface area contributed by atoms with Crippen LogP contribution in [0, 0.1) is 0 Å². The number of aliphatic hydroxyl groups is 1. The zero-order chi connectivity index (χ0) is 21.1. The fraction of sp³-hybridized carbons (Fsp3) is 0.476. The van der Waals surface area contributed by atoms with Gasteiger partial charge in [-0.05, 0) is 38.3 Å². The minimum atomic E-state index is -0.214. The van der Waals surface area contributed by atoms with Crippen LogP contribution in [-0.2, 0) is 0 Å². The van der Waals surface area contributed by atoms with Crippen LogP contribution in [0.5, 0.6) is 0 Å². The normalized spacial score (nSPS) is 13.6. The van der Waals surface area contributed by atoms with E-state index in [-0.39, 0.29) is 24.6 Å². The van der Waals surface area contributed by atoms with Gasteiger partial charge in [-0.2, -0.15) is 10.1 Å². The van der Waals surface area contributed by atoms with Crippen molar-refractivity contribution in [3.8, 4) is 0 Å². The summed E-state index contributed by atoms with van der Waals surface area (Å²) < 4.78 is 2.09. The van der Waals surface area contributed by atoms with E-state index in [9.17, 15) is 5.11 Å². The number of aromatic nitrogens is 4. The van der Waals surface area contributed by atoms with Gasteiger partial charge >= 0.3 is 0 Å².